The maximum atomic E-state index is 9.02. The molecule has 5 heteroatoms. The third-order valence-corrected chi connectivity index (χ3v) is 6.04. The zero-order valence-electron chi connectivity index (χ0n) is 20.1. The molecule has 0 saturated heterocycles. The molecule has 1 aromatic heterocycles. The fraction of sp³-hybridized carbons (Fsp3) is 0.207. The maximum absolute atomic E-state index is 9.02. The topological polar surface area (TPSA) is 87.6 Å². The molecule has 5 nitrogen and oxygen atoms in total. The van der Waals surface area contributed by atoms with Crippen molar-refractivity contribution in [3.63, 3.8) is 0 Å². The Labute approximate surface area is 201 Å². The van der Waals surface area contributed by atoms with Crippen molar-refractivity contribution in [3.8, 4) is 17.2 Å². The number of hydrogen-bond acceptors (Lipinski definition) is 5. The lowest BCUT2D eigenvalue weighted by molar-refractivity contribution is 0.922. The molecular weight excluding hydrogens is 418 g/mol. The molecule has 3 aromatic carbocycles. The fourth-order valence-corrected chi connectivity index (χ4v) is 4.40. The van der Waals surface area contributed by atoms with Crippen molar-refractivity contribution >= 4 is 33.9 Å². The van der Waals surface area contributed by atoms with E-state index in [0.717, 1.165) is 62.8 Å². The standard InChI is InChI=1S/C29H29N5/c1-5-7-21-10-12-23(13-11-21)32-29-33-27-24(8-6-9-25(27)28(31)34-29)26-19(3)16-22(17-20(26)4)18(2)14-15-30/h6,8-14,16-17H,5,7H2,1-4H3,(H3,31,32,33,34)/b18-14-. The van der Waals surface area contributed by atoms with Crippen molar-refractivity contribution in [3.05, 3.63) is 82.9 Å². The van der Waals surface area contributed by atoms with Crippen LogP contribution in [0.2, 0.25) is 0 Å². The SMILES string of the molecule is CCCc1ccc(Nc2nc(N)c3cccc(-c4c(C)cc(/C(C)=C\C#N)cc4C)c3n2)cc1. The van der Waals surface area contributed by atoms with Gasteiger partial charge in [0.2, 0.25) is 5.95 Å². The summed E-state index contributed by atoms with van der Waals surface area (Å²) in [4.78, 5) is 9.39. The minimum absolute atomic E-state index is 0.441. The molecule has 0 unspecified atom stereocenters. The number of benzene rings is 3. The van der Waals surface area contributed by atoms with Gasteiger partial charge < -0.3 is 11.1 Å². The molecule has 0 amide bonds. The number of nitrogens with two attached hydrogens (primary N) is 1. The van der Waals surface area contributed by atoms with Crippen LogP contribution in [0.5, 0.6) is 0 Å². The lowest BCUT2D eigenvalue weighted by Crippen LogP contribution is -2.03. The van der Waals surface area contributed by atoms with Crippen molar-refractivity contribution in [1.29, 1.82) is 5.26 Å². The number of nitrogens with one attached hydrogen (secondary N) is 1. The number of rotatable bonds is 6. The Balaban J connectivity index is 1.80. The highest BCUT2D eigenvalue weighted by molar-refractivity contribution is 6.00. The summed E-state index contributed by atoms with van der Waals surface area (Å²) in [5, 5.41) is 13.2. The first-order valence-corrected chi connectivity index (χ1v) is 11.5. The van der Waals surface area contributed by atoms with Gasteiger partial charge in [-0.3, -0.25) is 0 Å². The van der Waals surface area contributed by atoms with Crippen LogP contribution in [0.15, 0.2) is 60.7 Å². The molecule has 4 rings (SSSR count). The Morgan fingerprint density at radius 2 is 1.76 bits per heavy atom. The highest BCUT2D eigenvalue weighted by Crippen LogP contribution is 2.36. The van der Waals surface area contributed by atoms with Gasteiger partial charge in [-0.1, -0.05) is 49.7 Å². The molecule has 34 heavy (non-hydrogen) atoms. The number of anilines is 3. The van der Waals surface area contributed by atoms with Gasteiger partial charge in [-0.05, 0) is 78.8 Å². The maximum Gasteiger partial charge on any atom is 0.229 e. The molecule has 0 saturated carbocycles. The van der Waals surface area contributed by atoms with Crippen LogP contribution in [-0.2, 0) is 6.42 Å². The van der Waals surface area contributed by atoms with Gasteiger partial charge in [-0.25, -0.2) is 4.98 Å². The van der Waals surface area contributed by atoms with Gasteiger partial charge >= 0.3 is 0 Å². The first kappa shape index (κ1) is 23.0. The van der Waals surface area contributed by atoms with E-state index in [1.165, 1.54) is 5.56 Å². The average Bonchev–Trinajstić information content (AvgIpc) is 2.80. The fourth-order valence-electron chi connectivity index (χ4n) is 4.40. The normalized spacial score (nSPS) is 11.4. The van der Waals surface area contributed by atoms with Crippen molar-refractivity contribution in [1.82, 2.24) is 9.97 Å². The second-order valence-electron chi connectivity index (χ2n) is 8.65. The number of nitriles is 1. The Bertz CT molecular complexity index is 1400. The zero-order chi connectivity index (χ0) is 24.2. The summed E-state index contributed by atoms with van der Waals surface area (Å²) in [5.41, 5.74) is 15.8. The molecule has 0 fully saturated rings. The number of nitrogens with zero attached hydrogens (tertiary/aromatic N) is 3. The molecule has 170 valence electrons. The number of allylic oxidation sites excluding steroid dienone is 2. The average molecular weight is 448 g/mol. The number of nitrogen functional groups attached to an aromatic ring is 1. The minimum Gasteiger partial charge on any atom is -0.383 e. The molecule has 3 N–H and O–H groups in total. The third-order valence-electron chi connectivity index (χ3n) is 6.04. The van der Waals surface area contributed by atoms with Crippen molar-refractivity contribution in [2.24, 2.45) is 0 Å². The summed E-state index contributed by atoms with van der Waals surface area (Å²) in [6.07, 6.45) is 3.76. The van der Waals surface area contributed by atoms with Gasteiger partial charge in [-0.2, -0.15) is 10.2 Å². The predicted molar refractivity (Wildman–Crippen MR) is 142 cm³/mol. The van der Waals surface area contributed by atoms with Crippen LogP contribution in [0.3, 0.4) is 0 Å². The van der Waals surface area contributed by atoms with Crippen LogP contribution in [0, 0.1) is 25.2 Å². The molecule has 0 aliphatic carbocycles. The second kappa shape index (κ2) is 9.76. The van der Waals surface area contributed by atoms with Crippen molar-refractivity contribution in [2.75, 3.05) is 11.1 Å². The number of hydrogen-bond donors (Lipinski definition) is 2. The zero-order valence-corrected chi connectivity index (χ0v) is 20.1. The monoisotopic (exact) mass is 447 g/mol. The molecule has 0 spiro atoms. The highest BCUT2D eigenvalue weighted by atomic mass is 15.1. The number of aryl methyl sites for hydroxylation is 3. The van der Waals surface area contributed by atoms with E-state index >= 15 is 0 Å². The van der Waals surface area contributed by atoms with E-state index in [1.54, 1.807) is 6.08 Å². The van der Waals surface area contributed by atoms with Gasteiger partial charge in [0.1, 0.15) is 5.82 Å². The van der Waals surface area contributed by atoms with Crippen molar-refractivity contribution < 1.29 is 0 Å². The smallest absolute Gasteiger partial charge is 0.229 e. The van der Waals surface area contributed by atoms with E-state index in [2.05, 4.69) is 67.5 Å². The van der Waals surface area contributed by atoms with Gasteiger partial charge in [-0.15, -0.1) is 0 Å². The third kappa shape index (κ3) is 4.62. The summed E-state index contributed by atoms with van der Waals surface area (Å²) < 4.78 is 0. The van der Waals surface area contributed by atoms with Crippen LogP contribution >= 0.6 is 0 Å². The summed E-state index contributed by atoms with van der Waals surface area (Å²) in [5.74, 6) is 0.914. The van der Waals surface area contributed by atoms with Crippen molar-refractivity contribution in [2.45, 2.75) is 40.5 Å². The van der Waals surface area contributed by atoms with Crippen LogP contribution in [0.4, 0.5) is 17.5 Å². The Kier molecular flexibility index (Phi) is 6.60. The summed E-state index contributed by atoms with van der Waals surface area (Å²) in [7, 11) is 0. The van der Waals surface area contributed by atoms with Crippen LogP contribution in [0.25, 0.3) is 27.6 Å². The van der Waals surface area contributed by atoms with E-state index in [-0.39, 0.29) is 0 Å². The van der Waals surface area contributed by atoms with E-state index in [1.807, 2.05) is 31.2 Å². The molecule has 4 aromatic rings. The minimum atomic E-state index is 0.441. The highest BCUT2D eigenvalue weighted by Gasteiger charge is 2.15. The lowest BCUT2D eigenvalue weighted by atomic mass is 9.90. The van der Waals surface area contributed by atoms with Gasteiger partial charge in [0.25, 0.3) is 0 Å². The largest absolute Gasteiger partial charge is 0.383 e. The Hall–Kier alpha value is -4.17. The predicted octanol–water partition coefficient (Wildman–Crippen LogP) is 7.12. The number of fused-ring (bicyclic) bond motifs is 1. The summed E-state index contributed by atoms with van der Waals surface area (Å²) in [6, 6.07) is 20.7. The van der Waals surface area contributed by atoms with E-state index in [9.17, 15) is 0 Å². The van der Waals surface area contributed by atoms with E-state index in [4.69, 9.17) is 16.0 Å². The van der Waals surface area contributed by atoms with E-state index < -0.39 is 0 Å². The second-order valence-corrected chi connectivity index (χ2v) is 8.65. The Morgan fingerprint density at radius 3 is 2.41 bits per heavy atom. The molecule has 0 aliphatic heterocycles. The molecule has 0 aliphatic rings. The van der Waals surface area contributed by atoms with E-state index in [0.29, 0.717) is 11.8 Å². The van der Waals surface area contributed by atoms with Crippen LogP contribution in [0.1, 0.15) is 42.5 Å². The summed E-state index contributed by atoms with van der Waals surface area (Å²) in [6.45, 7) is 8.31. The van der Waals surface area contributed by atoms with Gasteiger partial charge in [0, 0.05) is 22.7 Å². The lowest BCUT2D eigenvalue weighted by Gasteiger charge is -2.16. The number of aromatic nitrogens is 2. The van der Waals surface area contributed by atoms with Crippen LogP contribution < -0.4 is 11.1 Å². The first-order chi connectivity index (χ1) is 16.4. The number of para-hydroxylation sites is 1. The molecule has 0 atom stereocenters. The molecule has 0 radical (unpaired) electrons. The first-order valence-electron chi connectivity index (χ1n) is 11.5. The Morgan fingerprint density at radius 1 is 1.06 bits per heavy atom. The van der Waals surface area contributed by atoms with Crippen LogP contribution in [-0.4, -0.2) is 9.97 Å². The molecule has 1 heterocycles. The molecule has 0 bridgehead atoms. The molecular formula is C29H29N5. The summed E-state index contributed by atoms with van der Waals surface area (Å²) >= 11 is 0. The van der Waals surface area contributed by atoms with Gasteiger partial charge in [0.15, 0.2) is 0 Å². The quantitative estimate of drug-likeness (QED) is 0.307. The van der Waals surface area contributed by atoms with Gasteiger partial charge in [0.05, 0.1) is 11.6 Å².